The summed E-state index contributed by atoms with van der Waals surface area (Å²) in [6.07, 6.45) is 9.75. The fourth-order valence-corrected chi connectivity index (χ4v) is 1.38. The molecular formula is C8H14N2O3SSi. The van der Waals surface area contributed by atoms with Crippen molar-refractivity contribution in [3.05, 3.63) is 18.5 Å². The van der Waals surface area contributed by atoms with Crippen LogP contribution in [0.15, 0.2) is 23.4 Å². The van der Waals surface area contributed by atoms with Crippen LogP contribution in [0, 0.1) is 12.5 Å². The smallest absolute Gasteiger partial charge is 0.244 e. The Morgan fingerprint density at radius 2 is 2.20 bits per heavy atom. The van der Waals surface area contributed by atoms with E-state index in [1.807, 2.05) is 13.1 Å². The molecule has 0 fully saturated rings. The Morgan fingerprint density at radius 1 is 1.60 bits per heavy atom. The number of hydrogen-bond donors (Lipinski definition) is 2. The van der Waals surface area contributed by atoms with Crippen molar-refractivity contribution < 1.29 is 12.8 Å². The lowest BCUT2D eigenvalue weighted by Gasteiger charge is -1.93. The van der Waals surface area contributed by atoms with E-state index in [1.54, 1.807) is 0 Å². The van der Waals surface area contributed by atoms with Crippen molar-refractivity contribution in [3.63, 3.8) is 0 Å². The molecular weight excluding hydrogens is 232 g/mol. The standard InChI is InChI=1S/C4H6N2O2S.C4H8OSi/c5-9(7,8)4-1-2-6-3-4;1-4-5-6(2)3/h1-3,6H,(H2,5,7,8);1,6H,2-3H3. The molecule has 1 rings (SSSR count). The van der Waals surface area contributed by atoms with Gasteiger partial charge in [-0.05, 0) is 19.2 Å². The van der Waals surface area contributed by atoms with Gasteiger partial charge in [0.25, 0.3) is 0 Å². The van der Waals surface area contributed by atoms with Crippen molar-refractivity contribution in [1.82, 2.24) is 4.98 Å². The minimum atomic E-state index is -3.49. The summed E-state index contributed by atoms with van der Waals surface area (Å²) in [6, 6.07) is 1.40. The van der Waals surface area contributed by atoms with E-state index in [2.05, 4.69) is 11.1 Å². The van der Waals surface area contributed by atoms with Crippen molar-refractivity contribution in [1.29, 1.82) is 0 Å². The zero-order valence-corrected chi connectivity index (χ0v) is 10.6. The van der Waals surface area contributed by atoms with Crippen LogP contribution < -0.4 is 5.14 Å². The average Bonchev–Trinajstić information content (AvgIpc) is 2.54. The summed E-state index contributed by atoms with van der Waals surface area (Å²) >= 11 is 0. The van der Waals surface area contributed by atoms with Crippen molar-refractivity contribution in [2.24, 2.45) is 5.14 Å². The molecule has 0 bridgehead atoms. The van der Waals surface area contributed by atoms with Crippen LogP contribution in [0.4, 0.5) is 0 Å². The summed E-state index contributed by atoms with van der Waals surface area (Å²) in [5, 5.41) is 4.75. The maximum atomic E-state index is 10.5. The molecule has 0 saturated carbocycles. The van der Waals surface area contributed by atoms with Crippen LogP contribution in [-0.4, -0.2) is 22.4 Å². The second-order valence-corrected chi connectivity index (χ2v) is 6.77. The first-order valence-corrected chi connectivity index (χ1v) is 8.47. The number of rotatable bonds is 2. The van der Waals surface area contributed by atoms with Crippen molar-refractivity contribution in [3.8, 4) is 12.5 Å². The molecule has 0 amide bonds. The SMILES string of the molecule is C#CO[SiH](C)C.NS(=O)(=O)c1cc[nH]c1. The summed E-state index contributed by atoms with van der Waals surface area (Å²) < 4.78 is 25.6. The van der Waals surface area contributed by atoms with E-state index in [0.717, 1.165) is 0 Å². The number of aromatic amines is 1. The van der Waals surface area contributed by atoms with Crippen molar-refractivity contribution in [2.45, 2.75) is 18.0 Å². The van der Waals surface area contributed by atoms with Gasteiger partial charge in [0.1, 0.15) is 0 Å². The average molecular weight is 246 g/mol. The Labute approximate surface area is 91.4 Å². The normalized spacial score (nSPS) is 10.1. The second-order valence-electron chi connectivity index (χ2n) is 2.88. The first kappa shape index (κ1) is 13.8. The van der Waals surface area contributed by atoms with E-state index in [4.69, 9.17) is 16.0 Å². The lowest BCUT2D eigenvalue weighted by atomic mass is 10.7. The van der Waals surface area contributed by atoms with Crippen LogP contribution in [-0.2, 0) is 14.4 Å². The van der Waals surface area contributed by atoms with Gasteiger partial charge in [0, 0.05) is 12.4 Å². The number of hydrogen-bond acceptors (Lipinski definition) is 3. The highest BCUT2D eigenvalue weighted by atomic mass is 32.2. The number of sulfonamides is 1. The Hall–Kier alpha value is -1.23. The third kappa shape index (κ3) is 6.79. The molecule has 1 aromatic rings. The maximum absolute atomic E-state index is 10.5. The Kier molecular flexibility index (Phi) is 5.77. The highest BCUT2D eigenvalue weighted by Gasteiger charge is 2.05. The molecule has 0 radical (unpaired) electrons. The van der Waals surface area contributed by atoms with Gasteiger partial charge in [-0.25, -0.2) is 13.6 Å². The van der Waals surface area contributed by atoms with Gasteiger partial charge in [0.15, 0.2) is 0 Å². The highest BCUT2D eigenvalue weighted by molar-refractivity contribution is 7.89. The first-order chi connectivity index (χ1) is 6.88. The van der Waals surface area contributed by atoms with Gasteiger partial charge in [-0.15, -0.1) is 0 Å². The fraction of sp³-hybridized carbons (Fsp3) is 0.250. The predicted octanol–water partition coefficient (Wildman–Crippen LogP) is 0.239. The number of terminal acetylenes is 1. The molecule has 0 aliphatic rings. The molecule has 0 atom stereocenters. The number of nitrogens with two attached hydrogens (primary N) is 1. The Bertz CT molecular complexity index is 406. The second kappa shape index (κ2) is 6.29. The van der Waals surface area contributed by atoms with Gasteiger partial charge >= 0.3 is 0 Å². The van der Waals surface area contributed by atoms with E-state index in [-0.39, 0.29) is 4.90 Å². The first-order valence-electron chi connectivity index (χ1n) is 4.14. The third-order valence-corrected chi connectivity index (χ3v) is 2.72. The molecule has 0 aliphatic carbocycles. The number of nitrogens with one attached hydrogen (secondary N) is 1. The molecule has 1 aromatic heterocycles. The van der Waals surface area contributed by atoms with Crippen molar-refractivity contribution in [2.75, 3.05) is 0 Å². The zero-order chi connectivity index (χ0) is 11.9. The van der Waals surface area contributed by atoms with Gasteiger partial charge in [0.05, 0.1) is 11.0 Å². The third-order valence-electron chi connectivity index (χ3n) is 1.20. The molecule has 5 nitrogen and oxygen atoms in total. The molecule has 7 heteroatoms. The largest absolute Gasteiger partial charge is 0.505 e. The minimum absolute atomic E-state index is 0.113. The summed E-state index contributed by atoms with van der Waals surface area (Å²) in [5.41, 5.74) is 0. The lowest BCUT2D eigenvalue weighted by molar-refractivity contribution is 0.544. The lowest BCUT2D eigenvalue weighted by Crippen LogP contribution is -2.10. The molecule has 1 heterocycles. The van der Waals surface area contributed by atoms with E-state index in [0.29, 0.717) is 0 Å². The number of aromatic nitrogens is 1. The predicted molar refractivity (Wildman–Crippen MR) is 61.0 cm³/mol. The fourth-order valence-electron chi connectivity index (χ4n) is 0.622. The van der Waals surface area contributed by atoms with Gasteiger partial charge in [-0.1, -0.05) is 6.42 Å². The summed E-state index contributed by atoms with van der Waals surface area (Å²) in [6.45, 7) is 4.06. The van der Waals surface area contributed by atoms with Crippen LogP contribution in [0.25, 0.3) is 0 Å². The topological polar surface area (TPSA) is 85.2 Å². The van der Waals surface area contributed by atoms with Crippen LogP contribution in [0.1, 0.15) is 0 Å². The van der Waals surface area contributed by atoms with Gasteiger partial charge in [-0.2, -0.15) is 0 Å². The van der Waals surface area contributed by atoms with Gasteiger partial charge < -0.3 is 9.41 Å². The van der Waals surface area contributed by atoms with Crippen LogP contribution in [0.5, 0.6) is 0 Å². The monoisotopic (exact) mass is 246 g/mol. The van der Waals surface area contributed by atoms with Gasteiger partial charge in [-0.3, -0.25) is 0 Å². The van der Waals surface area contributed by atoms with Crippen LogP contribution in [0.2, 0.25) is 13.1 Å². The summed E-state index contributed by atoms with van der Waals surface area (Å²) in [4.78, 5) is 2.69. The molecule has 84 valence electrons. The van der Waals surface area contributed by atoms with E-state index >= 15 is 0 Å². The highest BCUT2D eigenvalue weighted by Crippen LogP contribution is 2.01. The molecule has 15 heavy (non-hydrogen) atoms. The molecule has 0 aromatic carbocycles. The summed E-state index contributed by atoms with van der Waals surface area (Å²) in [5.74, 6) is 0. The molecule has 0 unspecified atom stereocenters. The number of H-pyrrole nitrogens is 1. The van der Waals surface area contributed by atoms with Gasteiger partial charge in [0.2, 0.25) is 19.1 Å². The Balaban J connectivity index is 0.000000288. The van der Waals surface area contributed by atoms with E-state index < -0.39 is 19.1 Å². The maximum Gasteiger partial charge on any atom is 0.244 e. The van der Waals surface area contributed by atoms with E-state index in [1.165, 1.54) is 18.5 Å². The van der Waals surface area contributed by atoms with Crippen molar-refractivity contribution >= 4 is 19.1 Å². The molecule has 0 saturated heterocycles. The minimum Gasteiger partial charge on any atom is -0.505 e. The number of primary sulfonamides is 1. The molecule has 3 N–H and O–H groups in total. The Morgan fingerprint density at radius 3 is 2.33 bits per heavy atom. The summed E-state index contributed by atoms with van der Waals surface area (Å²) in [7, 11) is -4.40. The zero-order valence-electron chi connectivity index (χ0n) is 8.60. The van der Waals surface area contributed by atoms with Crippen LogP contribution in [0.3, 0.4) is 0 Å². The molecule has 0 spiro atoms. The molecule has 0 aliphatic heterocycles. The quantitative estimate of drug-likeness (QED) is 0.579. The van der Waals surface area contributed by atoms with Crippen LogP contribution >= 0.6 is 0 Å². The van der Waals surface area contributed by atoms with E-state index in [9.17, 15) is 8.42 Å².